The molecule has 0 spiro atoms. The number of carbonyl (C=O) groups excluding carboxylic acids is 3. The molecule has 0 aromatic heterocycles. The number of hydrogen-bond donors (Lipinski definition) is 4. The van der Waals surface area contributed by atoms with E-state index in [-0.39, 0.29) is 35.2 Å². The molecule has 1 heterocycles. The van der Waals surface area contributed by atoms with E-state index in [9.17, 15) is 23.2 Å². The highest BCUT2D eigenvalue weighted by Crippen LogP contribution is 2.41. The molecule has 3 rings (SSSR count). The molecule has 1 fully saturated rings. The highest BCUT2D eigenvalue weighted by atomic mass is 35.5. The van der Waals surface area contributed by atoms with Gasteiger partial charge in [-0.25, -0.2) is 28.2 Å². The molecule has 3 amide bonds. The fourth-order valence-corrected chi connectivity index (χ4v) is 4.32. The van der Waals surface area contributed by atoms with Crippen LogP contribution in [0.4, 0.5) is 39.8 Å². The molecule has 1 atom stereocenters. The smallest absolute Gasteiger partial charge is 0.426 e. The average Bonchev–Trinajstić information content (AvgIpc) is 3.25. The van der Waals surface area contributed by atoms with Gasteiger partial charge >= 0.3 is 12.2 Å². The predicted octanol–water partition coefficient (Wildman–Crippen LogP) is 5.77. The van der Waals surface area contributed by atoms with E-state index in [0.29, 0.717) is 12.5 Å². The summed E-state index contributed by atoms with van der Waals surface area (Å²) in [4.78, 5) is 38.8. The van der Waals surface area contributed by atoms with Gasteiger partial charge in [-0.15, -0.1) is 0 Å². The third-order valence-corrected chi connectivity index (χ3v) is 5.90. The zero-order chi connectivity index (χ0) is 30.7. The maximum atomic E-state index is 15.5. The largest absolute Gasteiger partial charge is 0.444 e. The monoisotopic (exact) mass is 599 g/mol. The van der Waals surface area contributed by atoms with Crippen molar-refractivity contribution in [1.29, 1.82) is 0 Å². The molecule has 0 bridgehead atoms. The van der Waals surface area contributed by atoms with Gasteiger partial charge in [-0.1, -0.05) is 11.6 Å². The molecule has 1 unspecified atom stereocenters. The summed E-state index contributed by atoms with van der Waals surface area (Å²) >= 11 is 6.62. The highest BCUT2D eigenvalue weighted by Gasteiger charge is 2.32. The minimum Gasteiger partial charge on any atom is -0.444 e. The van der Waals surface area contributed by atoms with Crippen molar-refractivity contribution in [1.82, 2.24) is 16.2 Å². The van der Waals surface area contributed by atoms with Crippen LogP contribution >= 0.6 is 11.6 Å². The van der Waals surface area contributed by atoms with Gasteiger partial charge in [-0.3, -0.25) is 10.2 Å². The highest BCUT2D eigenvalue weighted by molar-refractivity contribution is 6.37. The fraction of sp³-hybridized carbons (Fsp3) is 0.444. The summed E-state index contributed by atoms with van der Waals surface area (Å²) in [5, 5.41) is 5.09. The van der Waals surface area contributed by atoms with Crippen molar-refractivity contribution in [3.05, 3.63) is 52.3 Å². The Hall–Kier alpha value is -3.87. The molecule has 2 aromatic carbocycles. The van der Waals surface area contributed by atoms with Crippen molar-refractivity contribution < 1.29 is 37.0 Å². The summed E-state index contributed by atoms with van der Waals surface area (Å²) in [5.41, 5.74) is 1.65. The predicted molar refractivity (Wildman–Crippen MR) is 148 cm³/mol. The van der Waals surface area contributed by atoms with Crippen LogP contribution in [-0.2, 0) is 9.47 Å². The summed E-state index contributed by atoms with van der Waals surface area (Å²) in [7, 11) is 0. The number of carbonyl (C=O) groups is 3. The number of benzene rings is 2. The van der Waals surface area contributed by atoms with E-state index in [2.05, 4.69) is 21.5 Å². The van der Waals surface area contributed by atoms with Crippen molar-refractivity contribution in [2.24, 2.45) is 0 Å². The second-order valence-corrected chi connectivity index (χ2v) is 11.7. The molecule has 41 heavy (non-hydrogen) atoms. The second kappa shape index (κ2) is 12.3. The first-order valence-electron chi connectivity index (χ1n) is 12.7. The van der Waals surface area contributed by atoms with Crippen molar-refractivity contribution in [2.75, 3.05) is 23.3 Å². The zero-order valence-electron chi connectivity index (χ0n) is 23.5. The number of hydrogen-bond acceptors (Lipinski definition) is 7. The lowest BCUT2D eigenvalue weighted by atomic mass is 10.1. The van der Waals surface area contributed by atoms with Gasteiger partial charge in [0.05, 0.1) is 33.7 Å². The van der Waals surface area contributed by atoms with Gasteiger partial charge in [-0.05, 0) is 66.2 Å². The molecule has 14 heteroatoms. The molecule has 0 saturated carbocycles. The number of hydrazine groups is 1. The van der Waals surface area contributed by atoms with Crippen molar-refractivity contribution in [3.8, 4) is 0 Å². The van der Waals surface area contributed by atoms with Crippen LogP contribution in [0.1, 0.15) is 58.3 Å². The number of nitrogens with one attached hydrogen (secondary N) is 4. The Morgan fingerprint density at radius 3 is 2.17 bits per heavy atom. The Morgan fingerprint density at radius 1 is 0.927 bits per heavy atom. The Morgan fingerprint density at radius 2 is 1.56 bits per heavy atom. The minimum atomic E-state index is -1.00. The lowest BCUT2D eigenvalue weighted by molar-refractivity contribution is 0.0480. The lowest BCUT2D eigenvalue weighted by Gasteiger charge is -2.25. The van der Waals surface area contributed by atoms with Gasteiger partial charge < -0.3 is 25.0 Å². The van der Waals surface area contributed by atoms with Crippen LogP contribution in [-0.4, -0.2) is 48.4 Å². The van der Waals surface area contributed by atoms with Gasteiger partial charge in [-0.2, -0.15) is 0 Å². The zero-order valence-corrected chi connectivity index (χ0v) is 24.3. The van der Waals surface area contributed by atoms with Crippen molar-refractivity contribution in [2.45, 2.75) is 65.2 Å². The minimum absolute atomic E-state index is 0.109. The maximum absolute atomic E-state index is 15.5. The number of nitrogens with zero attached hydrogens (tertiary/aromatic N) is 1. The van der Waals surface area contributed by atoms with Crippen LogP contribution in [0.15, 0.2) is 24.3 Å². The van der Waals surface area contributed by atoms with E-state index in [1.165, 1.54) is 0 Å². The molecule has 224 valence electrons. The standard InChI is InChI=1S/C27H33ClF3N5O5/c1-26(2,3)40-24(38)32-15-9-10-36(13-15)22-18(31)12-16(23(37)34-35-25(39)41-27(4,5)6)21(20(22)28)33-19-8-7-14(29)11-17(19)30/h7-8,11-12,15,33H,9-10,13H2,1-6H3,(H,32,38)(H,34,37)(H,35,39). The second-order valence-electron chi connectivity index (χ2n) is 11.4. The topological polar surface area (TPSA) is 121 Å². The van der Waals surface area contributed by atoms with Crippen LogP contribution in [0.3, 0.4) is 0 Å². The van der Waals surface area contributed by atoms with E-state index in [0.717, 1.165) is 18.2 Å². The number of rotatable bonds is 5. The van der Waals surface area contributed by atoms with Crippen LogP contribution in [0, 0.1) is 17.5 Å². The van der Waals surface area contributed by atoms with Crippen molar-refractivity contribution >= 4 is 46.8 Å². The van der Waals surface area contributed by atoms with Gasteiger partial charge in [0.1, 0.15) is 28.7 Å². The number of amides is 3. The molecule has 1 aliphatic heterocycles. The van der Waals surface area contributed by atoms with Gasteiger partial charge in [0.2, 0.25) is 0 Å². The molecule has 2 aromatic rings. The molecule has 10 nitrogen and oxygen atoms in total. The van der Waals surface area contributed by atoms with Crippen LogP contribution in [0.2, 0.25) is 5.02 Å². The van der Waals surface area contributed by atoms with E-state index in [1.54, 1.807) is 46.4 Å². The normalized spacial score (nSPS) is 15.3. The third-order valence-electron chi connectivity index (χ3n) is 5.53. The van der Waals surface area contributed by atoms with E-state index < -0.39 is 58.4 Å². The first-order chi connectivity index (χ1) is 18.9. The number of alkyl carbamates (subject to hydrolysis) is 1. The Bertz CT molecular complexity index is 1330. The lowest BCUT2D eigenvalue weighted by Crippen LogP contribution is -2.44. The summed E-state index contributed by atoms with van der Waals surface area (Å²) in [5.74, 6) is -3.72. The fourth-order valence-electron chi connectivity index (χ4n) is 3.96. The Kier molecular flexibility index (Phi) is 9.52. The summed E-state index contributed by atoms with van der Waals surface area (Å²) < 4.78 is 53.9. The summed E-state index contributed by atoms with van der Waals surface area (Å²) in [6, 6.07) is 3.17. The van der Waals surface area contributed by atoms with Crippen LogP contribution in [0.5, 0.6) is 0 Å². The average molecular weight is 600 g/mol. The van der Waals surface area contributed by atoms with E-state index in [4.69, 9.17) is 21.1 Å². The summed E-state index contributed by atoms with van der Waals surface area (Å²) in [6.07, 6.45) is -1.17. The molecule has 1 saturated heterocycles. The van der Waals surface area contributed by atoms with Gasteiger partial charge in [0.25, 0.3) is 5.91 Å². The van der Waals surface area contributed by atoms with Gasteiger partial charge in [0, 0.05) is 19.2 Å². The first-order valence-corrected chi connectivity index (χ1v) is 13.1. The molecule has 4 N–H and O–H groups in total. The third kappa shape index (κ3) is 8.81. The quantitative estimate of drug-likeness (QED) is 0.322. The molecular weight excluding hydrogens is 567 g/mol. The molecule has 0 aliphatic carbocycles. The Labute approximate surface area is 240 Å². The summed E-state index contributed by atoms with van der Waals surface area (Å²) in [6.45, 7) is 10.5. The van der Waals surface area contributed by atoms with Crippen LogP contribution in [0.25, 0.3) is 0 Å². The maximum Gasteiger partial charge on any atom is 0.426 e. The van der Waals surface area contributed by atoms with Crippen molar-refractivity contribution in [3.63, 3.8) is 0 Å². The number of ether oxygens (including phenoxy) is 2. The molecular formula is C27H33ClF3N5O5. The van der Waals surface area contributed by atoms with Gasteiger partial charge in [0.15, 0.2) is 0 Å². The number of anilines is 3. The number of halogens is 4. The SMILES string of the molecule is CC(C)(C)OC(=O)NNC(=O)c1cc(F)c(N2CCC(NC(=O)OC(C)(C)C)C2)c(Cl)c1Nc1ccc(F)cc1F. The van der Waals surface area contributed by atoms with Crippen LogP contribution < -0.4 is 26.4 Å². The molecule has 1 aliphatic rings. The molecule has 0 radical (unpaired) electrons. The van der Waals surface area contributed by atoms with E-state index >= 15 is 4.39 Å². The first kappa shape index (κ1) is 31.7. The Balaban J connectivity index is 1.92. The van der Waals surface area contributed by atoms with E-state index in [1.807, 2.05) is 0 Å².